The van der Waals surface area contributed by atoms with Crippen LogP contribution < -0.4 is 15.8 Å². The van der Waals surface area contributed by atoms with Crippen LogP contribution in [-0.4, -0.2) is 25.6 Å². The molecule has 0 aliphatic rings. The summed E-state index contributed by atoms with van der Waals surface area (Å²) in [5.41, 5.74) is 5.35. The van der Waals surface area contributed by atoms with Gasteiger partial charge in [0.1, 0.15) is 5.75 Å². The van der Waals surface area contributed by atoms with Crippen molar-refractivity contribution in [2.24, 2.45) is 5.73 Å². The van der Waals surface area contributed by atoms with E-state index in [0.717, 1.165) is 12.8 Å². The SMILES string of the molecule is Cl.NCCCCNC(=O)COc1cc(Cl)c(Cl)cc1Cl. The molecule has 0 saturated heterocycles. The van der Waals surface area contributed by atoms with Gasteiger partial charge in [-0.25, -0.2) is 0 Å². The summed E-state index contributed by atoms with van der Waals surface area (Å²) in [5, 5.41) is 3.68. The number of rotatable bonds is 7. The molecule has 0 bridgehead atoms. The first-order chi connectivity index (χ1) is 9.04. The zero-order chi connectivity index (χ0) is 14.3. The van der Waals surface area contributed by atoms with Gasteiger partial charge in [-0.2, -0.15) is 0 Å². The van der Waals surface area contributed by atoms with Gasteiger partial charge < -0.3 is 15.8 Å². The van der Waals surface area contributed by atoms with E-state index in [1.54, 1.807) is 0 Å². The van der Waals surface area contributed by atoms with Gasteiger partial charge in [0, 0.05) is 12.6 Å². The molecule has 0 radical (unpaired) electrons. The molecule has 1 aromatic carbocycles. The minimum absolute atomic E-state index is 0. The van der Waals surface area contributed by atoms with Crippen molar-refractivity contribution in [3.8, 4) is 5.75 Å². The largest absolute Gasteiger partial charge is 0.482 e. The van der Waals surface area contributed by atoms with E-state index in [-0.39, 0.29) is 24.9 Å². The summed E-state index contributed by atoms with van der Waals surface area (Å²) < 4.78 is 5.28. The minimum Gasteiger partial charge on any atom is -0.482 e. The molecule has 0 saturated carbocycles. The molecule has 0 aliphatic heterocycles. The second kappa shape index (κ2) is 10.4. The molecule has 0 aromatic heterocycles. The maximum absolute atomic E-state index is 11.5. The Balaban J connectivity index is 0.00000361. The number of halogens is 4. The highest BCUT2D eigenvalue weighted by Gasteiger charge is 2.09. The second-order valence-corrected chi connectivity index (χ2v) is 5.05. The number of unbranched alkanes of at least 4 members (excludes halogenated alkanes) is 1. The summed E-state index contributed by atoms with van der Waals surface area (Å²) in [6.45, 7) is 1.07. The standard InChI is InChI=1S/C12H15Cl3N2O2.ClH/c13-8-5-10(15)11(6-9(8)14)19-7-12(18)17-4-2-1-3-16;/h5-6H,1-4,7,16H2,(H,17,18);1H. The first-order valence-corrected chi connectivity index (χ1v) is 6.92. The molecule has 4 nitrogen and oxygen atoms in total. The van der Waals surface area contributed by atoms with E-state index in [0.29, 0.717) is 33.9 Å². The lowest BCUT2D eigenvalue weighted by Crippen LogP contribution is -2.30. The average molecular weight is 362 g/mol. The topological polar surface area (TPSA) is 64.3 Å². The first kappa shape index (κ1) is 19.6. The molecule has 0 heterocycles. The van der Waals surface area contributed by atoms with Crippen LogP contribution in [0.5, 0.6) is 5.75 Å². The molecular weight excluding hydrogens is 346 g/mol. The molecule has 3 N–H and O–H groups in total. The number of ether oxygens (including phenoxy) is 1. The molecule has 0 spiro atoms. The van der Waals surface area contributed by atoms with E-state index in [1.165, 1.54) is 12.1 Å². The van der Waals surface area contributed by atoms with Crippen LogP contribution in [-0.2, 0) is 4.79 Å². The van der Waals surface area contributed by atoms with Crippen molar-refractivity contribution in [1.82, 2.24) is 5.32 Å². The summed E-state index contributed by atoms with van der Waals surface area (Å²) in [6.07, 6.45) is 1.72. The molecule has 0 aliphatic carbocycles. The predicted molar refractivity (Wildman–Crippen MR) is 85.5 cm³/mol. The van der Waals surface area contributed by atoms with Crippen molar-refractivity contribution in [3.05, 3.63) is 27.2 Å². The highest BCUT2D eigenvalue weighted by molar-refractivity contribution is 6.43. The molecule has 0 atom stereocenters. The number of amides is 1. The first-order valence-electron chi connectivity index (χ1n) is 5.78. The molecule has 1 aromatic rings. The number of benzene rings is 1. The number of hydrogen-bond donors (Lipinski definition) is 2. The van der Waals surface area contributed by atoms with E-state index >= 15 is 0 Å². The maximum atomic E-state index is 11.5. The van der Waals surface area contributed by atoms with E-state index in [9.17, 15) is 4.79 Å². The van der Waals surface area contributed by atoms with Crippen LogP contribution in [0.3, 0.4) is 0 Å². The van der Waals surface area contributed by atoms with Crippen LogP contribution in [0.1, 0.15) is 12.8 Å². The Bertz CT molecular complexity index is 444. The Morgan fingerprint density at radius 2 is 1.80 bits per heavy atom. The second-order valence-electron chi connectivity index (χ2n) is 3.83. The van der Waals surface area contributed by atoms with E-state index < -0.39 is 0 Å². The Labute approximate surface area is 139 Å². The normalized spacial score (nSPS) is 9.80. The van der Waals surface area contributed by atoms with Gasteiger partial charge in [0.15, 0.2) is 6.61 Å². The highest BCUT2D eigenvalue weighted by atomic mass is 35.5. The molecule has 0 unspecified atom stereocenters. The van der Waals surface area contributed by atoms with Crippen molar-refractivity contribution in [1.29, 1.82) is 0 Å². The van der Waals surface area contributed by atoms with Gasteiger partial charge in [-0.15, -0.1) is 12.4 Å². The summed E-state index contributed by atoms with van der Waals surface area (Å²) in [7, 11) is 0. The molecule has 1 rings (SSSR count). The van der Waals surface area contributed by atoms with Crippen LogP contribution >= 0.6 is 47.2 Å². The Kier molecular flexibility index (Phi) is 10.2. The van der Waals surface area contributed by atoms with Crippen molar-refractivity contribution in [2.45, 2.75) is 12.8 Å². The summed E-state index contributed by atoms with van der Waals surface area (Å²) in [6, 6.07) is 2.95. The minimum atomic E-state index is -0.223. The van der Waals surface area contributed by atoms with Gasteiger partial charge in [-0.05, 0) is 25.5 Å². The van der Waals surface area contributed by atoms with E-state index in [2.05, 4.69) is 5.32 Å². The lowest BCUT2D eigenvalue weighted by Gasteiger charge is -2.09. The van der Waals surface area contributed by atoms with Crippen molar-refractivity contribution < 1.29 is 9.53 Å². The lowest BCUT2D eigenvalue weighted by molar-refractivity contribution is -0.123. The number of nitrogens with one attached hydrogen (secondary N) is 1. The average Bonchev–Trinajstić information content (AvgIpc) is 2.37. The third kappa shape index (κ3) is 6.86. The van der Waals surface area contributed by atoms with Crippen molar-refractivity contribution in [2.75, 3.05) is 19.7 Å². The third-order valence-electron chi connectivity index (χ3n) is 2.29. The summed E-state index contributed by atoms with van der Waals surface area (Å²) in [4.78, 5) is 11.5. The van der Waals surface area contributed by atoms with Gasteiger partial charge in [0.25, 0.3) is 5.91 Å². The number of nitrogens with two attached hydrogens (primary N) is 1. The zero-order valence-corrected chi connectivity index (χ0v) is 13.7. The predicted octanol–water partition coefficient (Wildman–Crippen LogP) is 3.30. The fraction of sp³-hybridized carbons (Fsp3) is 0.417. The van der Waals surface area contributed by atoms with Crippen molar-refractivity contribution in [3.63, 3.8) is 0 Å². The van der Waals surface area contributed by atoms with Crippen LogP contribution in [0.25, 0.3) is 0 Å². The summed E-state index contributed by atoms with van der Waals surface area (Å²) >= 11 is 17.5. The van der Waals surface area contributed by atoms with Gasteiger partial charge in [-0.1, -0.05) is 34.8 Å². The van der Waals surface area contributed by atoms with Gasteiger partial charge in [0.05, 0.1) is 15.1 Å². The Hall–Kier alpha value is -0.390. The van der Waals surface area contributed by atoms with Crippen molar-refractivity contribution >= 4 is 53.1 Å². The van der Waals surface area contributed by atoms with E-state index in [4.69, 9.17) is 45.3 Å². The van der Waals surface area contributed by atoms with Crippen LogP contribution in [0, 0.1) is 0 Å². The molecule has 8 heteroatoms. The van der Waals surface area contributed by atoms with Gasteiger partial charge in [0.2, 0.25) is 0 Å². The molecule has 114 valence electrons. The Morgan fingerprint density at radius 1 is 1.15 bits per heavy atom. The Morgan fingerprint density at radius 3 is 2.45 bits per heavy atom. The fourth-order valence-corrected chi connectivity index (χ4v) is 1.90. The molecular formula is C12H16Cl4N2O2. The summed E-state index contributed by atoms with van der Waals surface area (Å²) in [5.74, 6) is 0.104. The quantitative estimate of drug-likeness (QED) is 0.578. The smallest absolute Gasteiger partial charge is 0.257 e. The fourth-order valence-electron chi connectivity index (χ4n) is 1.31. The maximum Gasteiger partial charge on any atom is 0.257 e. The van der Waals surface area contributed by atoms with Crippen LogP contribution in [0.2, 0.25) is 15.1 Å². The molecule has 0 fully saturated rings. The number of carbonyl (C=O) groups excluding carboxylic acids is 1. The monoisotopic (exact) mass is 360 g/mol. The number of hydrogen-bond acceptors (Lipinski definition) is 3. The van der Waals surface area contributed by atoms with Crippen LogP contribution in [0.4, 0.5) is 0 Å². The zero-order valence-electron chi connectivity index (χ0n) is 10.6. The van der Waals surface area contributed by atoms with Gasteiger partial charge in [-0.3, -0.25) is 4.79 Å². The highest BCUT2D eigenvalue weighted by Crippen LogP contribution is 2.33. The van der Waals surface area contributed by atoms with E-state index in [1.807, 2.05) is 0 Å². The molecule has 20 heavy (non-hydrogen) atoms. The van der Waals surface area contributed by atoms with Crippen LogP contribution in [0.15, 0.2) is 12.1 Å². The number of carbonyl (C=O) groups is 1. The molecule has 1 amide bonds. The van der Waals surface area contributed by atoms with Gasteiger partial charge >= 0.3 is 0 Å². The lowest BCUT2D eigenvalue weighted by atomic mass is 10.3. The third-order valence-corrected chi connectivity index (χ3v) is 3.30.